The molecule has 0 spiro atoms. The Morgan fingerprint density at radius 3 is 2.34 bits per heavy atom. The van der Waals surface area contributed by atoms with Crippen molar-refractivity contribution in [3.05, 3.63) is 88.3 Å². The van der Waals surface area contributed by atoms with Crippen LogP contribution in [0, 0.1) is 4.91 Å². The summed E-state index contributed by atoms with van der Waals surface area (Å²) >= 11 is 6.04. The van der Waals surface area contributed by atoms with Crippen molar-refractivity contribution in [2.24, 2.45) is 5.29 Å². The summed E-state index contributed by atoms with van der Waals surface area (Å²) in [6.45, 7) is -0.0313. The monoisotopic (exact) mass is 411 g/mol. The van der Waals surface area contributed by atoms with Crippen LogP contribution in [-0.2, 0) is 6.54 Å². The number of phenols is 1. The molecule has 148 valence electrons. The Balaban J connectivity index is 2.02. The lowest BCUT2D eigenvalue weighted by molar-refractivity contribution is 0.251. The number of amides is 2. The van der Waals surface area contributed by atoms with E-state index in [1.807, 2.05) is 0 Å². The Morgan fingerprint density at radius 2 is 1.72 bits per heavy atom. The van der Waals surface area contributed by atoms with Crippen LogP contribution >= 0.6 is 11.6 Å². The van der Waals surface area contributed by atoms with Crippen LogP contribution in [0.2, 0.25) is 5.02 Å². The van der Waals surface area contributed by atoms with Crippen LogP contribution in [0.25, 0.3) is 0 Å². The van der Waals surface area contributed by atoms with Crippen LogP contribution in [0.1, 0.15) is 5.56 Å². The third-order valence-electron chi connectivity index (χ3n) is 4.25. The molecule has 8 heteroatoms. The highest BCUT2D eigenvalue weighted by Crippen LogP contribution is 2.28. The molecular formula is C21H18ClN3O4. The number of phenolic OH excluding ortho intramolecular Hbond substituents is 1. The van der Waals surface area contributed by atoms with Crippen LogP contribution < -0.4 is 14.6 Å². The molecule has 0 bridgehead atoms. The minimum absolute atomic E-state index is 0.0222. The number of nitrogens with zero attached hydrogens (tertiary/aromatic N) is 3. The zero-order valence-corrected chi connectivity index (χ0v) is 16.3. The topological polar surface area (TPSA) is 82.4 Å². The van der Waals surface area contributed by atoms with E-state index in [9.17, 15) is 14.8 Å². The van der Waals surface area contributed by atoms with Crippen molar-refractivity contribution in [3.63, 3.8) is 0 Å². The summed E-state index contributed by atoms with van der Waals surface area (Å²) in [6, 6.07) is 18.9. The maximum absolute atomic E-state index is 13.2. The molecule has 2 amide bonds. The fourth-order valence-electron chi connectivity index (χ4n) is 2.76. The van der Waals surface area contributed by atoms with Crippen molar-refractivity contribution in [2.45, 2.75) is 6.54 Å². The van der Waals surface area contributed by atoms with Gasteiger partial charge in [0, 0.05) is 16.3 Å². The molecule has 0 aliphatic rings. The average molecular weight is 412 g/mol. The number of anilines is 2. The first-order valence-corrected chi connectivity index (χ1v) is 9.02. The van der Waals surface area contributed by atoms with Crippen molar-refractivity contribution in [2.75, 3.05) is 17.0 Å². The zero-order valence-electron chi connectivity index (χ0n) is 15.5. The van der Waals surface area contributed by atoms with Gasteiger partial charge >= 0.3 is 6.03 Å². The lowest BCUT2D eigenvalue weighted by Crippen LogP contribution is -2.40. The van der Waals surface area contributed by atoms with E-state index in [2.05, 4.69) is 5.29 Å². The van der Waals surface area contributed by atoms with Gasteiger partial charge in [-0.1, -0.05) is 29.8 Å². The van der Waals surface area contributed by atoms with Crippen molar-refractivity contribution in [1.29, 1.82) is 0 Å². The number of nitroso groups, excluding NO2 is 1. The summed E-state index contributed by atoms with van der Waals surface area (Å²) in [5.74, 6) is 0.589. The number of hydrogen-bond donors (Lipinski definition) is 1. The van der Waals surface area contributed by atoms with Gasteiger partial charge in [-0.3, -0.25) is 4.90 Å². The van der Waals surface area contributed by atoms with Gasteiger partial charge in [0.25, 0.3) is 0 Å². The van der Waals surface area contributed by atoms with E-state index in [1.54, 1.807) is 66.7 Å². The highest BCUT2D eigenvalue weighted by molar-refractivity contribution is 6.30. The number of halogens is 1. The zero-order chi connectivity index (χ0) is 20.8. The maximum atomic E-state index is 13.2. The Kier molecular flexibility index (Phi) is 6.31. The Morgan fingerprint density at radius 1 is 1.03 bits per heavy atom. The van der Waals surface area contributed by atoms with Gasteiger partial charge < -0.3 is 9.84 Å². The summed E-state index contributed by atoms with van der Waals surface area (Å²) in [4.78, 5) is 26.1. The van der Waals surface area contributed by atoms with Crippen LogP contribution in [0.3, 0.4) is 0 Å². The molecule has 3 aromatic rings. The number of rotatable bonds is 6. The van der Waals surface area contributed by atoms with E-state index in [-0.39, 0.29) is 12.3 Å². The molecule has 0 radical (unpaired) electrons. The smallest absolute Gasteiger partial charge is 0.352 e. The van der Waals surface area contributed by atoms with E-state index in [0.29, 0.717) is 27.7 Å². The van der Waals surface area contributed by atoms with E-state index >= 15 is 0 Å². The summed E-state index contributed by atoms with van der Waals surface area (Å²) in [7, 11) is 1.54. The summed E-state index contributed by atoms with van der Waals surface area (Å²) in [5.41, 5.74) is 1.22. The molecule has 0 saturated carbocycles. The minimum atomic E-state index is -0.684. The summed E-state index contributed by atoms with van der Waals surface area (Å²) < 4.78 is 5.16. The van der Waals surface area contributed by atoms with Crippen LogP contribution in [0.15, 0.2) is 78.1 Å². The first-order valence-electron chi connectivity index (χ1n) is 8.65. The normalized spacial score (nSPS) is 10.3. The van der Waals surface area contributed by atoms with Gasteiger partial charge in [0.2, 0.25) is 0 Å². The predicted molar refractivity (Wildman–Crippen MR) is 112 cm³/mol. The molecule has 0 aromatic heterocycles. The van der Waals surface area contributed by atoms with Gasteiger partial charge in [0.05, 0.1) is 24.6 Å². The van der Waals surface area contributed by atoms with Gasteiger partial charge in [-0.2, -0.15) is 0 Å². The maximum Gasteiger partial charge on any atom is 0.352 e. The number of methoxy groups -OCH3 is 1. The standard InChI is InChI=1S/C21H18ClN3O4/c1-29-19-10-8-17(9-11-19)24(14-15-13-16(22)7-12-20(15)26)21(27)25(23-28)18-5-3-2-4-6-18/h2-13,26H,14H2,1H3. The van der Waals surface area contributed by atoms with E-state index in [4.69, 9.17) is 16.3 Å². The van der Waals surface area contributed by atoms with Gasteiger partial charge in [0.15, 0.2) is 0 Å². The van der Waals surface area contributed by atoms with Gasteiger partial charge in [-0.15, -0.1) is 9.92 Å². The third-order valence-corrected chi connectivity index (χ3v) is 4.48. The van der Waals surface area contributed by atoms with Crippen LogP contribution in [0.4, 0.5) is 16.2 Å². The number of para-hydroxylation sites is 1. The predicted octanol–water partition coefficient (Wildman–Crippen LogP) is 5.37. The number of aromatic hydroxyl groups is 1. The van der Waals surface area contributed by atoms with Crippen molar-refractivity contribution >= 4 is 29.0 Å². The molecule has 0 saturated heterocycles. The number of carbonyl (C=O) groups excluding carboxylic acids is 1. The fourth-order valence-corrected chi connectivity index (χ4v) is 2.95. The van der Waals surface area contributed by atoms with Gasteiger partial charge in [0.1, 0.15) is 11.5 Å². The summed E-state index contributed by atoms with van der Waals surface area (Å²) in [5, 5.41) is 14.3. The molecule has 0 unspecified atom stereocenters. The largest absolute Gasteiger partial charge is 0.508 e. The first kappa shape index (κ1) is 20.2. The van der Waals surface area contributed by atoms with E-state index < -0.39 is 6.03 Å². The van der Waals surface area contributed by atoms with Crippen LogP contribution in [0.5, 0.6) is 11.5 Å². The van der Waals surface area contributed by atoms with Gasteiger partial charge in [-0.05, 0) is 54.6 Å². The lowest BCUT2D eigenvalue weighted by Gasteiger charge is -2.26. The van der Waals surface area contributed by atoms with Gasteiger partial charge in [-0.25, -0.2) is 4.79 Å². The minimum Gasteiger partial charge on any atom is -0.508 e. The first-order chi connectivity index (χ1) is 14.0. The molecule has 0 aliphatic carbocycles. The van der Waals surface area contributed by atoms with E-state index in [1.165, 1.54) is 18.1 Å². The molecule has 0 aliphatic heterocycles. The molecule has 0 atom stereocenters. The molecule has 3 rings (SSSR count). The van der Waals surface area contributed by atoms with Crippen molar-refractivity contribution in [3.8, 4) is 11.5 Å². The molecule has 0 fully saturated rings. The highest BCUT2D eigenvalue weighted by Gasteiger charge is 2.26. The number of urea groups is 1. The molecular weight excluding hydrogens is 394 g/mol. The lowest BCUT2D eigenvalue weighted by atomic mass is 10.1. The molecule has 3 aromatic carbocycles. The molecule has 29 heavy (non-hydrogen) atoms. The average Bonchev–Trinajstić information content (AvgIpc) is 2.75. The van der Waals surface area contributed by atoms with Crippen molar-refractivity contribution < 1.29 is 14.6 Å². The number of hydrogen-bond acceptors (Lipinski definition) is 5. The quantitative estimate of drug-likeness (QED) is 0.436. The molecule has 1 N–H and O–H groups in total. The van der Waals surface area contributed by atoms with Crippen molar-refractivity contribution in [1.82, 2.24) is 0 Å². The second-order valence-corrected chi connectivity index (χ2v) is 6.51. The third kappa shape index (κ3) is 4.64. The van der Waals surface area contributed by atoms with E-state index in [0.717, 1.165) is 5.01 Å². The summed E-state index contributed by atoms with van der Waals surface area (Å²) in [6.07, 6.45) is 0. The Bertz CT molecular complexity index is 997. The highest BCUT2D eigenvalue weighted by atomic mass is 35.5. The molecule has 7 nitrogen and oxygen atoms in total. The number of carbonyl (C=O) groups is 1. The number of ether oxygens (including phenoxy) is 1. The second kappa shape index (κ2) is 9.07. The SMILES string of the molecule is COc1ccc(N(Cc2cc(Cl)ccc2O)C(=O)N(N=O)c2ccccc2)cc1. The Labute approximate surface area is 172 Å². The second-order valence-electron chi connectivity index (χ2n) is 6.07. The van der Waals surface area contributed by atoms with Crippen LogP contribution in [-0.4, -0.2) is 18.2 Å². The fraction of sp³-hybridized carbons (Fsp3) is 0.0952. The molecule has 0 heterocycles. The Hall–Kier alpha value is -3.58. The number of benzene rings is 3.